The Kier molecular flexibility index (Phi) is 5.28. The van der Waals surface area contributed by atoms with Gasteiger partial charge in [0.1, 0.15) is 0 Å². The third-order valence-corrected chi connectivity index (χ3v) is 4.96. The van der Waals surface area contributed by atoms with Gasteiger partial charge in [0.2, 0.25) is 0 Å². The van der Waals surface area contributed by atoms with Crippen LogP contribution in [0.2, 0.25) is 0 Å². The smallest absolute Gasteiger partial charge is 0.0329 e. The van der Waals surface area contributed by atoms with Gasteiger partial charge in [-0.05, 0) is 37.8 Å². The van der Waals surface area contributed by atoms with E-state index in [4.69, 9.17) is 0 Å². The van der Waals surface area contributed by atoms with E-state index < -0.39 is 0 Å². The Morgan fingerprint density at radius 2 is 1.71 bits per heavy atom. The molecule has 0 aromatic heterocycles. The zero-order valence-corrected chi connectivity index (χ0v) is 13.3. The first-order valence-corrected chi connectivity index (χ1v) is 8.52. The molecule has 1 atom stereocenters. The molecular weight excluding hydrogens is 258 g/mol. The van der Waals surface area contributed by atoms with Crippen LogP contribution in [-0.2, 0) is 0 Å². The van der Waals surface area contributed by atoms with E-state index in [9.17, 15) is 0 Å². The van der Waals surface area contributed by atoms with Crippen molar-refractivity contribution in [1.29, 1.82) is 0 Å². The second-order valence-electron chi connectivity index (χ2n) is 6.63. The fourth-order valence-electron chi connectivity index (χ4n) is 3.34. The van der Waals surface area contributed by atoms with Crippen LogP contribution in [0.25, 0.3) is 0 Å². The van der Waals surface area contributed by atoms with Crippen LogP contribution in [0.5, 0.6) is 0 Å². The Morgan fingerprint density at radius 1 is 1.05 bits per heavy atom. The van der Waals surface area contributed by atoms with Gasteiger partial charge in [0.05, 0.1) is 0 Å². The van der Waals surface area contributed by atoms with E-state index in [-0.39, 0.29) is 0 Å². The zero-order valence-electron chi connectivity index (χ0n) is 13.3. The summed E-state index contributed by atoms with van der Waals surface area (Å²) in [6, 6.07) is 11.3. The highest BCUT2D eigenvalue weighted by molar-refractivity contribution is 5.18. The molecule has 1 saturated heterocycles. The van der Waals surface area contributed by atoms with Crippen LogP contribution in [0.4, 0.5) is 0 Å². The van der Waals surface area contributed by atoms with Gasteiger partial charge in [-0.3, -0.25) is 0 Å². The number of hydrogen-bond donors (Lipinski definition) is 1. The fraction of sp³-hybridized carbons (Fsp3) is 0.667. The number of benzene rings is 1. The molecule has 1 N–H and O–H groups in total. The summed E-state index contributed by atoms with van der Waals surface area (Å²) in [7, 11) is 2.07. The van der Waals surface area contributed by atoms with E-state index in [0.29, 0.717) is 6.04 Å². The van der Waals surface area contributed by atoms with Crippen molar-refractivity contribution in [3.05, 3.63) is 35.9 Å². The second kappa shape index (κ2) is 7.39. The molecule has 0 spiro atoms. The SMILES string of the molecule is CNC(CCN1CCN(CC2CC2)CC1)c1ccccc1. The molecule has 2 fully saturated rings. The summed E-state index contributed by atoms with van der Waals surface area (Å²) in [5.74, 6) is 1.03. The molecule has 2 aliphatic rings. The second-order valence-corrected chi connectivity index (χ2v) is 6.63. The largest absolute Gasteiger partial charge is 0.313 e. The van der Waals surface area contributed by atoms with Crippen LogP contribution < -0.4 is 5.32 Å². The highest BCUT2D eigenvalue weighted by Gasteiger charge is 2.26. The predicted molar refractivity (Wildman–Crippen MR) is 88.5 cm³/mol. The monoisotopic (exact) mass is 287 g/mol. The Bertz CT molecular complexity index is 408. The van der Waals surface area contributed by atoms with Gasteiger partial charge in [-0.15, -0.1) is 0 Å². The van der Waals surface area contributed by atoms with Crippen molar-refractivity contribution in [3.8, 4) is 0 Å². The maximum Gasteiger partial charge on any atom is 0.0329 e. The molecule has 1 aromatic rings. The van der Waals surface area contributed by atoms with Gasteiger partial charge in [-0.25, -0.2) is 0 Å². The summed E-state index contributed by atoms with van der Waals surface area (Å²) in [5, 5.41) is 3.46. The summed E-state index contributed by atoms with van der Waals surface area (Å²) in [5.41, 5.74) is 1.41. The first-order valence-electron chi connectivity index (χ1n) is 8.52. The number of nitrogens with zero attached hydrogens (tertiary/aromatic N) is 2. The van der Waals surface area contributed by atoms with Gasteiger partial charge in [0, 0.05) is 45.3 Å². The molecule has 1 aliphatic carbocycles. The predicted octanol–water partition coefficient (Wildman–Crippen LogP) is 2.36. The topological polar surface area (TPSA) is 18.5 Å². The minimum atomic E-state index is 0.482. The number of piperazine rings is 1. The lowest BCUT2D eigenvalue weighted by atomic mass is 10.0. The lowest BCUT2D eigenvalue weighted by molar-refractivity contribution is 0.125. The third kappa shape index (κ3) is 4.53. The molecule has 3 nitrogen and oxygen atoms in total. The van der Waals surface area contributed by atoms with E-state index in [2.05, 4.69) is 52.5 Å². The maximum atomic E-state index is 3.46. The molecule has 1 aromatic carbocycles. The number of nitrogens with one attached hydrogen (secondary N) is 1. The van der Waals surface area contributed by atoms with Crippen molar-refractivity contribution in [2.75, 3.05) is 46.3 Å². The van der Waals surface area contributed by atoms with Gasteiger partial charge >= 0.3 is 0 Å². The van der Waals surface area contributed by atoms with Gasteiger partial charge in [-0.1, -0.05) is 30.3 Å². The summed E-state index contributed by atoms with van der Waals surface area (Å²) < 4.78 is 0. The van der Waals surface area contributed by atoms with E-state index >= 15 is 0 Å². The summed E-state index contributed by atoms with van der Waals surface area (Å²) in [4.78, 5) is 5.30. The van der Waals surface area contributed by atoms with Crippen LogP contribution in [0, 0.1) is 5.92 Å². The van der Waals surface area contributed by atoms with Crippen molar-refractivity contribution in [2.24, 2.45) is 5.92 Å². The average molecular weight is 287 g/mol. The maximum absolute atomic E-state index is 3.46. The van der Waals surface area contributed by atoms with Crippen LogP contribution in [-0.4, -0.2) is 56.1 Å². The molecule has 116 valence electrons. The van der Waals surface area contributed by atoms with Crippen molar-refractivity contribution >= 4 is 0 Å². The molecule has 1 unspecified atom stereocenters. The summed E-state index contributed by atoms with van der Waals surface area (Å²) in [6.45, 7) is 7.60. The molecule has 1 heterocycles. The average Bonchev–Trinajstić information content (AvgIpc) is 3.35. The van der Waals surface area contributed by atoms with E-state index in [1.54, 1.807) is 0 Å². The van der Waals surface area contributed by atoms with Gasteiger partial charge in [0.15, 0.2) is 0 Å². The van der Waals surface area contributed by atoms with Crippen LogP contribution in [0.1, 0.15) is 30.9 Å². The number of hydrogen-bond acceptors (Lipinski definition) is 3. The van der Waals surface area contributed by atoms with Crippen molar-refractivity contribution in [2.45, 2.75) is 25.3 Å². The Morgan fingerprint density at radius 3 is 2.33 bits per heavy atom. The highest BCUT2D eigenvalue weighted by Crippen LogP contribution is 2.30. The zero-order chi connectivity index (χ0) is 14.5. The molecule has 0 radical (unpaired) electrons. The molecule has 3 heteroatoms. The van der Waals surface area contributed by atoms with Gasteiger partial charge < -0.3 is 15.1 Å². The fourth-order valence-corrected chi connectivity index (χ4v) is 3.34. The van der Waals surface area contributed by atoms with E-state index in [1.807, 2.05) is 0 Å². The first kappa shape index (κ1) is 15.0. The third-order valence-electron chi connectivity index (χ3n) is 4.96. The molecule has 1 saturated carbocycles. The molecule has 1 aliphatic heterocycles. The minimum Gasteiger partial charge on any atom is -0.313 e. The molecule has 21 heavy (non-hydrogen) atoms. The van der Waals surface area contributed by atoms with Crippen molar-refractivity contribution in [1.82, 2.24) is 15.1 Å². The Hall–Kier alpha value is -0.900. The van der Waals surface area contributed by atoms with Crippen LogP contribution in [0.3, 0.4) is 0 Å². The van der Waals surface area contributed by atoms with Crippen LogP contribution >= 0.6 is 0 Å². The van der Waals surface area contributed by atoms with E-state index in [1.165, 1.54) is 64.1 Å². The molecule has 0 amide bonds. The van der Waals surface area contributed by atoms with Crippen molar-refractivity contribution < 1.29 is 0 Å². The highest BCUT2D eigenvalue weighted by atomic mass is 15.3. The quantitative estimate of drug-likeness (QED) is 0.830. The first-order chi connectivity index (χ1) is 10.3. The lowest BCUT2D eigenvalue weighted by Crippen LogP contribution is -2.47. The Balaban J connectivity index is 1.40. The Labute approximate surface area is 129 Å². The minimum absolute atomic E-state index is 0.482. The summed E-state index contributed by atoms with van der Waals surface area (Å²) >= 11 is 0. The van der Waals surface area contributed by atoms with Crippen LogP contribution in [0.15, 0.2) is 30.3 Å². The lowest BCUT2D eigenvalue weighted by Gasteiger charge is -2.35. The molecule has 0 bridgehead atoms. The summed E-state index contributed by atoms with van der Waals surface area (Å²) in [6.07, 6.45) is 4.14. The van der Waals surface area contributed by atoms with E-state index in [0.717, 1.165) is 5.92 Å². The molecule has 3 rings (SSSR count). The van der Waals surface area contributed by atoms with Crippen molar-refractivity contribution in [3.63, 3.8) is 0 Å². The molecular formula is C18H29N3. The van der Waals surface area contributed by atoms with Gasteiger partial charge in [0.25, 0.3) is 0 Å². The standard InChI is InChI=1S/C18H29N3/c1-19-18(17-5-3-2-4-6-17)9-10-20-11-13-21(14-12-20)15-16-7-8-16/h2-6,16,18-19H,7-15H2,1H3. The van der Waals surface area contributed by atoms with Gasteiger partial charge in [-0.2, -0.15) is 0 Å². The number of rotatable bonds is 7. The normalized spacial score (nSPS) is 22.3.